The van der Waals surface area contributed by atoms with Crippen LogP contribution in [-0.4, -0.2) is 64.4 Å². The maximum absolute atomic E-state index is 13.1. The second-order valence-corrected chi connectivity index (χ2v) is 10.3. The molecule has 35 heavy (non-hydrogen) atoms. The average molecular weight is 504 g/mol. The molecule has 1 fully saturated rings. The number of carbonyl (C=O) groups excluding carboxylic acids is 2. The van der Waals surface area contributed by atoms with Crippen LogP contribution in [0.1, 0.15) is 36.5 Å². The minimum absolute atomic E-state index is 0.195. The van der Waals surface area contributed by atoms with E-state index in [2.05, 4.69) is 10.6 Å². The highest BCUT2D eigenvalue weighted by Gasteiger charge is 2.36. The van der Waals surface area contributed by atoms with Crippen molar-refractivity contribution in [1.29, 1.82) is 0 Å². The van der Waals surface area contributed by atoms with Gasteiger partial charge in [-0.1, -0.05) is 13.0 Å². The molecule has 0 aliphatic carbocycles. The molecule has 2 N–H and O–H groups in total. The number of piperidine rings is 1. The van der Waals surface area contributed by atoms with Gasteiger partial charge in [0.2, 0.25) is 15.9 Å². The molecule has 0 saturated carbocycles. The summed E-state index contributed by atoms with van der Waals surface area (Å²) in [5.41, 5.74) is 0.386. The Balaban J connectivity index is 1.72. The normalized spacial score (nSPS) is 15.7. The number of sulfonamides is 1. The quantitative estimate of drug-likeness (QED) is 0.515. The van der Waals surface area contributed by atoms with Crippen molar-refractivity contribution in [2.24, 2.45) is 5.92 Å². The monoisotopic (exact) mass is 503 g/mol. The Hall–Kier alpha value is -3.11. The first kappa shape index (κ1) is 26.5. The molecule has 1 saturated heterocycles. The minimum Gasteiger partial charge on any atom is -0.497 e. The van der Waals surface area contributed by atoms with Gasteiger partial charge in [-0.25, -0.2) is 8.42 Å². The SMILES string of the molecule is CCCNC(=O)C(NC(=O)c1cccc(OC)c1)C1CCN(S(=O)(=O)c2ccc(OC)cc2)CC1. The standard InChI is InChI=1S/C25H33N3O6S/c1-4-14-26-25(30)23(27-24(29)19-6-5-7-21(17-19)34-3)18-12-15-28(16-13-18)35(31,32)22-10-8-20(33-2)9-11-22/h5-11,17-18,23H,4,12-16H2,1-3H3,(H,26,30)(H,27,29). The summed E-state index contributed by atoms with van der Waals surface area (Å²) in [4.78, 5) is 26.1. The molecule has 9 nitrogen and oxygen atoms in total. The zero-order chi connectivity index (χ0) is 25.4. The lowest BCUT2D eigenvalue weighted by molar-refractivity contribution is -0.124. The average Bonchev–Trinajstić information content (AvgIpc) is 2.90. The van der Waals surface area contributed by atoms with Crippen LogP contribution in [0.4, 0.5) is 0 Å². The van der Waals surface area contributed by atoms with Crippen LogP contribution in [0.25, 0.3) is 0 Å². The highest BCUT2D eigenvalue weighted by Crippen LogP contribution is 2.27. The van der Waals surface area contributed by atoms with Gasteiger partial charge in [-0.15, -0.1) is 0 Å². The Morgan fingerprint density at radius 1 is 1.03 bits per heavy atom. The van der Waals surface area contributed by atoms with Gasteiger partial charge in [0.05, 0.1) is 19.1 Å². The first-order valence-electron chi connectivity index (χ1n) is 11.7. The van der Waals surface area contributed by atoms with Crippen LogP contribution < -0.4 is 20.1 Å². The zero-order valence-corrected chi connectivity index (χ0v) is 21.1. The summed E-state index contributed by atoms with van der Waals surface area (Å²) >= 11 is 0. The lowest BCUT2D eigenvalue weighted by Gasteiger charge is -2.35. The highest BCUT2D eigenvalue weighted by atomic mass is 32.2. The topological polar surface area (TPSA) is 114 Å². The largest absolute Gasteiger partial charge is 0.497 e. The summed E-state index contributed by atoms with van der Waals surface area (Å²) < 4.78 is 37.9. The number of nitrogens with one attached hydrogen (secondary N) is 2. The summed E-state index contributed by atoms with van der Waals surface area (Å²) in [5.74, 6) is 0.272. The molecule has 0 bridgehead atoms. The number of nitrogens with zero attached hydrogens (tertiary/aromatic N) is 1. The summed E-state index contributed by atoms with van der Waals surface area (Å²) in [7, 11) is -0.626. The molecular weight excluding hydrogens is 470 g/mol. The molecule has 1 aliphatic heterocycles. The summed E-state index contributed by atoms with van der Waals surface area (Å²) in [5, 5.41) is 5.74. The van der Waals surface area contributed by atoms with Crippen LogP contribution >= 0.6 is 0 Å². The predicted octanol–water partition coefficient (Wildman–Crippen LogP) is 2.43. The fourth-order valence-corrected chi connectivity index (χ4v) is 5.56. The lowest BCUT2D eigenvalue weighted by Crippen LogP contribution is -2.53. The van der Waals surface area contributed by atoms with Gasteiger partial charge in [-0.3, -0.25) is 9.59 Å². The number of hydrogen-bond donors (Lipinski definition) is 2. The molecule has 3 rings (SSSR count). The molecule has 2 aromatic rings. The van der Waals surface area contributed by atoms with E-state index in [9.17, 15) is 18.0 Å². The van der Waals surface area contributed by atoms with Gasteiger partial charge in [0, 0.05) is 25.2 Å². The van der Waals surface area contributed by atoms with Crippen molar-refractivity contribution in [3.8, 4) is 11.5 Å². The minimum atomic E-state index is -3.67. The number of carbonyl (C=O) groups is 2. The fourth-order valence-electron chi connectivity index (χ4n) is 4.09. The Morgan fingerprint density at radius 3 is 2.29 bits per heavy atom. The van der Waals surface area contributed by atoms with E-state index in [1.165, 1.54) is 30.7 Å². The van der Waals surface area contributed by atoms with Crippen LogP contribution in [-0.2, 0) is 14.8 Å². The van der Waals surface area contributed by atoms with Gasteiger partial charge >= 0.3 is 0 Å². The van der Waals surface area contributed by atoms with E-state index in [1.807, 2.05) is 6.92 Å². The van der Waals surface area contributed by atoms with Crippen LogP contribution in [0.3, 0.4) is 0 Å². The van der Waals surface area contributed by atoms with Gasteiger partial charge in [0.1, 0.15) is 17.5 Å². The van der Waals surface area contributed by atoms with Gasteiger partial charge in [0.25, 0.3) is 5.91 Å². The van der Waals surface area contributed by atoms with Crippen molar-refractivity contribution in [2.45, 2.75) is 37.1 Å². The van der Waals surface area contributed by atoms with Crippen LogP contribution in [0, 0.1) is 5.92 Å². The third-order valence-electron chi connectivity index (χ3n) is 6.12. The molecule has 190 valence electrons. The summed E-state index contributed by atoms with van der Waals surface area (Å²) in [6.07, 6.45) is 1.65. The maximum atomic E-state index is 13.1. The van der Waals surface area contributed by atoms with E-state index in [4.69, 9.17) is 9.47 Å². The number of ether oxygens (including phenoxy) is 2. The highest BCUT2D eigenvalue weighted by molar-refractivity contribution is 7.89. The Morgan fingerprint density at radius 2 is 1.69 bits per heavy atom. The van der Waals surface area contributed by atoms with Crippen molar-refractivity contribution in [1.82, 2.24) is 14.9 Å². The lowest BCUT2D eigenvalue weighted by atomic mass is 9.89. The number of methoxy groups -OCH3 is 2. The van der Waals surface area contributed by atoms with E-state index >= 15 is 0 Å². The molecule has 0 radical (unpaired) electrons. The zero-order valence-electron chi connectivity index (χ0n) is 20.3. The van der Waals surface area contributed by atoms with Crippen LogP contribution in [0.5, 0.6) is 11.5 Å². The number of benzene rings is 2. The molecule has 2 aromatic carbocycles. The van der Waals surface area contributed by atoms with E-state index in [0.717, 1.165) is 6.42 Å². The van der Waals surface area contributed by atoms with Gasteiger partial charge in [0.15, 0.2) is 0 Å². The van der Waals surface area contributed by atoms with Gasteiger partial charge in [-0.05, 0) is 67.6 Å². The fraction of sp³-hybridized carbons (Fsp3) is 0.440. The third kappa shape index (κ3) is 6.52. The van der Waals surface area contributed by atoms with E-state index in [-0.39, 0.29) is 35.7 Å². The van der Waals surface area contributed by atoms with Crippen LogP contribution in [0.15, 0.2) is 53.4 Å². The van der Waals surface area contributed by atoms with E-state index in [1.54, 1.807) is 36.4 Å². The van der Waals surface area contributed by atoms with Crippen molar-refractivity contribution in [3.63, 3.8) is 0 Å². The van der Waals surface area contributed by atoms with Crippen molar-refractivity contribution < 1.29 is 27.5 Å². The first-order valence-corrected chi connectivity index (χ1v) is 13.1. The molecule has 1 heterocycles. The Bertz CT molecular complexity index is 1110. The number of rotatable bonds is 10. The molecule has 2 amide bonds. The molecule has 1 atom stereocenters. The molecule has 0 aromatic heterocycles. The van der Waals surface area contributed by atoms with Gasteiger partial charge < -0.3 is 20.1 Å². The summed E-state index contributed by atoms with van der Waals surface area (Å²) in [6.45, 7) is 2.96. The molecule has 10 heteroatoms. The number of hydrogen-bond acceptors (Lipinski definition) is 6. The Labute approximate surface area is 206 Å². The van der Waals surface area contributed by atoms with Crippen molar-refractivity contribution in [2.75, 3.05) is 33.9 Å². The predicted molar refractivity (Wildman–Crippen MR) is 132 cm³/mol. The summed E-state index contributed by atoms with van der Waals surface area (Å²) in [6, 6.07) is 12.2. The molecular formula is C25H33N3O6S. The molecule has 1 aliphatic rings. The van der Waals surface area contributed by atoms with E-state index < -0.39 is 16.1 Å². The van der Waals surface area contributed by atoms with Crippen molar-refractivity contribution >= 4 is 21.8 Å². The smallest absolute Gasteiger partial charge is 0.252 e. The third-order valence-corrected chi connectivity index (χ3v) is 8.03. The second kappa shape index (κ2) is 12.0. The first-order chi connectivity index (χ1) is 16.8. The van der Waals surface area contributed by atoms with E-state index in [0.29, 0.717) is 36.4 Å². The van der Waals surface area contributed by atoms with Crippen LogP contribution in [0.2, 0.25) is 0 Å². The Kier molecular flexibility index (Phi) is 9.11. The van der Waals surface area contributed by atoms with Gasteiger partial charge in [-0.2, -0.15) is 4.31 Å². The molecule has 1 unspecified atom stereocenters. The second-order valence-electron chi connectivity index (χ2n) is 8.39. The van der Waals surface area contributed by atoms with Crippen molar-refractivity contribution in [3.05, 3.63) is 54.1 Å². The maximum Gasteiger partial charge on any atom is 0.252 e. The number of amides is 2. The molecule has 0 spiro atoms.